The summed E-state index contributed by atoms with van der Waals surface area (Å²) < 4.78 is 5.73. The fourth-order valence-electron chi connectivity index (χ4n) is 5.42. The average Bonchev–Trinajstić information content (AvgIpc) is 3.01. The summed E-state index contributed by atoms with van der Waals surface area (Å²) in [6.45, 7) is 3.45. The number of rotatable bonds is 3. The molecule has 25 heavy (non-hydrogen) atoms. The number of hydrogen-bond acceptors (Lipinski definition) is 4. The molecule has 2 atom stereocenters. The minimum atomic E-state index is -0.0663. The first kappa shape index (κ1) is 16.9. The highest BCUT2D eigenvalue weighted by molar-refractivity contribution is 5.74. The van der Waals surface area contributed by atoms with Crippen LogP contribution in [-0.4, -0.2) is 37.7 Å². The second-order valence-electron chi connectivity index (χ2n) is 8.49. The van der Waals surface area contributed by atoms with E-state index in [0.717, 1.165) is 13.0 Å². The molecule has 1 aromatic carbocycles. The first-order chi connectivity index (χ1) is 12.0. The van der Waals surface area contributed by atoms with Crippen LogP contribution >= 0.6 is 0 Å². The van der Waals surface area contributed by atoms with Gasteiger partial charge in [0.25, 0.3) is 0 Å². The molecule has 4 rings (SSSR count). The van der Waals surface area contributed by atoms with Crippen molar-refractivity contribution in [2.75, 3.05) is 25.5 Å². The molecular weight excluding hydrogens is 312 g/mol. The van der Waals surface area contributed by atoms with Crippen LogP contribution in [0.15, 0.2) is 18.2 Å². The summed E-state index contributed by atoms with van der Waals surface area (Å²) in [5.74, 6) is 1.17. The lowest BCUT2D eigenvalue weighted by molar-refractivity contribution is -0.135. The SMILES string of the molecule is CN1CC[C@@]2(C)c3cc(OC(=O)CC4CCCCC4)ccc3N(C)C12. The summed E-state index contributed by atoms with van der Waals surface area (Å²) in [6.07, 6.45) is 8.30. The molecule has 136 valence electrons. The molecule has 1 aromatic rings. The maximum absolute atomic E-state index is 12.4. The molecule has 0 bridgehead atoms. The summed E-state index contributed by atoms with van der Waals surface area (Å²) in [7, 11) is 4.37. The number of fused-ring (bicyclic) bond motifs is 3. The lowest BCUT2D eigenvalue weighted by atomic mass is 9.81. The van der Waals surface area contributed by atoms with Crippen LogP contribution in [0.5, 0.6) is 5.75 Å². The standard InChI is InChI=1S/C21H30N2O2/c1-21-11-12-22(2)20(21)23(3)18-10-9-16(14-17(18)21)25-19(24)13-15-7-5-4-6-8-15/h9-10,14-15,20H,4-8,11-13H2,1-3H3/t20?,21-/m0/s1. The number of carbonyl (C=O) groups is 1. The average molecular weight is 342 g/mol. The van der Waals surface area contributed by atoms with Gasteiger partial charge in [0.15, 0.2) is 0 Å². The van der Waals surface area contributed by atoms with Gasteiger partial charge < -0.3 is 9.64 Å². The van der Waals surface area contributed by atoms with E-state index in [1.807, 2.05) is 6.07 Å². The summed E-state index contributed by atoms with van der Waals surface area (Å²) in [4.78, 5) is 17.2. The zero-order valence-electron chi connectivity index (χ0n) is 15.8. The second kappa shape index (κ2) is 6.31. The van der Waals surface area contributed by atoms with Gasteiger partial charge >= 0.3 is 5.97 Å². The predicted molar refractivity (Wildman–Crippen MR) is 100 cm³/mol. The first-order valence-corrected chi connectivity index (χ1v) is 9.77. The third-order valence-electron chi connectivity index (χ3n) is 6.71. The fraction of sp³-hybridized carbons (Fsp3) is 0.667. The number of hydrogen-bond donors (Lipinski definition) is 0. The molecule has 0 aromatic heterocycles. The van der Waals surface area contributed by atoms with Crippen LogP contribution in [0.1, 0.15) is 57.4 Å². The van der Waals surface area contributed by atoms with Crippen LogP contribution in [0.2, 0.25) is 0 Å². The molecule has 0 N–H and O–H groups in total. The normalized spacial score (nSPS) is 29.6. The first-order valence-electron chi connectivity index (χ1n) is 9.77. The molecule has 0 spiro atoms. The molecule has 1 saturated carbocycles. The maximum Gasteiger partial charge on any atom is 0.311 e. The fourth-order valence-corrected chi connectivity index (χ4v) is 5.42. The Morgan fingerprint density at radius 1 is 1.24 bits per heavy atom. The van der Waals surface area contributed by atoms with Crippen LogP contribution in [0.25, 0.3) is 0 Å². The van der Waals surface area contributed by atoms with E-state index >= 15 is 0 Å². The van der Waals surface area contributed by atoms with Crippen molar-refractivity contribution in [2.24, 2.45) is 5.92 Å². The Morgan fingerprint density at radius 2 is 2.00 bits per heavy atom. The Morgan fingerprint density at radius 3 is 2.76 bits per heavy atom. The largest absolute Gasteiger partial charge is 0.427 e. The third kappa shape index (κ3) is 2.84. The van der Waals surface area contributed by atoms with Crippen LogP contribution in [-0.2, 0) is 10.2 Å². The molecule has 1 aliphatic carbocycles. The minimum Gasteiger partial charge on any atom is -0.427 e. The minimum absolute atomic E-state index is 0.0663. The zero-order valence-corrected chi connectivity index (χ0v) is 15.8. The number of esters is 1. The molecule has 1 saturated heterocycles. The van der Waals surface area contributed by atoms with Crippen molar-refractivity contribution >= 4 is 11.7 Å². The third-order valence-corrected chi connectivity index (χ3v) is 6.71. The second-order valence-corrected chi connectivity index (χ2v) is 8.49. The Labute approximate surface area is 151 Å². The van der Waals surface area contributed by atoms with Crippen molar-refractivity contribution in [1.29, 1.82) is 0 Å². The smallest absolute Gasteiger partial charge is 0.311 e. The van der Waals surface area contributed by atoms with E-state index in [1.165, 1.54) is 43.4 Å². The van der Waals surface area contributed by atoms with Gasteiger partial charge in [-0.2, -0.15) is 0 Å². The summed E-state index contributed by atoms with van der Waals surface area (Å²) in [5.41, 5.74) is 2.71. The summed E-state index contributed by atoms with van der Waals surface area (Å²) in [6, 6.07) is 6.19. The van der Waals surface area contributed by atoms with Gasteiger partial charge in [0.2, 0.25) is 0 Å². The van der Waals surface area contributed by atoms with Crippen LogP contribution in [0.4, 0.5) is 5.69 Å². The molecule has 2 fully saturated rings. The van der Waals surface area contributed by atoms with Gasteiger partial charge in [0, 0.05) is 31.1 Å². The topological polar surface area (TPSA) is 32.8 Å². The van der Waals surface area contributed by atoms with Crippen molar-refractivity contribution in [3.8, 4) is 5.75 Å². The van der Waals surface area contributed by atoms with E-state index in [9.17, 15) is 4.79 Å². The Kier molecular flexibility index (Phi) is 4.27. The molecule has 2 aliphatic heterocycles. The molecule has 4 nitrogen and oxygen atoms in total. The highest BCUT2D eigenvalue weighted by Gasteiger charge is 2.52. The Hall–Kier alpha value is -1.55. The Bertz CT molecular complexity index is 668. The van der Waals surface area contributed by atoms with Crippen LogP contribution in [0, 0.1) is 5.92 Å². The van der Waals surface area contributed by atoms with E-state index in [4.69, 9.17) is 4.74 Å². The van der Waals surface area contributed by atoms with E-state index < -0.39 is 0 Å². The van der Waals surface area contributed by atoms with Crippen molar-refractivity contribution < 1.29 is 9.53 Å². The highest BCUT2D eigenvalue weighted by atomic mass is 16.5. The lowest BCUT2D eigenvalue weighted by Crippen LogP contribution is -2.45. The van der Waals surface area contributed by atoms with Gasteiger partial charge in [0.1, 0.15) is 5.75 Å². The Balaban J connectivity index is 1.50. The van der Waals surface area contributed by atoms with Gasteiger partial charge in [-0.25, -0.2) is 0 Å². The number of likely N-dealkylation sites (N-methyl/N-ethyl adjacent to an activating group) is 2. The number of ether oxygens (including phenoxy) is 1. The van der Waals surface area contributed by atoms with E-state index in [0.29, 0.717) is 24.3 Å². The monoisotopic (exact) mass is 342 g/mol. The lowest BCUT2D eigenvalue weighted by Gasteiger charge is -2.32. The molecule has 3 aliphatic rings. The van der Waals surface area contributed by atoms with Gasteiger partial charge in [-0.1, -0.05) is 26.2 Å². The van der Waals surface area contributed by atoms with Gasteiger partial charge in [-0.05, 0) is 56.0 Å². The quantitative estimate of drug-likeness (QED) is 0.615. The number of carbonyl (C=O) groups excluding carboxylic acids is 1. The van der Waals surface area contributed by atoms with Crippen molar-refractivity contribution in [1.82, 2.24) is 4.90 Å². The van der Waals surface area contributed by atoms with E-state index in [2.05, 4.69) is 43.0 Å². The van der Waals surface area contributed by atoms with Crippen LogP contribution < -0.4 is 9.64 Å². The van der Waals surface area contributed by atoms with Gasteiger partial charge in [-0.3, -0.25) is 9.69 Å². The number of anilines is 1. The summed E-state index contributed by atoms with van der Waals surface area (Å²) >= 11 is 0. The molecule has 0 amide bonds. The van der Waals surface area contributed by atoms with Crippen molar-refractivity contribution in [3.63, 3.8) is 0 Å². The molecule has 1 unspecified atom stereocenters. The van der Waals surface area contributed by atoms with Gasteiger partial charge in [-0.15, -0.1) is 0 Å². The predicted octanol–water partition coefficient (Wildman–Crippen LogP) is 3.93. The van der Waals surface area contributed by atoms with Crippen molar-refractivity contribution in [3.05, 3.63) is 23.8 Å². The maximum atomic E-state index is 12.4. The molecule has 2 heterocycles. The highest BCUT2D eigenvalue weighted by Crippen LogP contribution is 2.51. The summed E-state index contributed by atoms with van der Waals surface area (Å²) in [5, 5.41) is 0. The number of likely N-dealkylation sites (tertiary alicyclic amines) is 1. The zero-order chi connectivity index (χ0) is 17.6. The number of benzene rings is 1. The van der Waals surface area contributed by atoms with Crippen LogP contribution in [0.3, 0.4) is 0 Å². The number of nitrogens with zero attached hydrogens (tertiary/aromatic N) is 2. The van der Waals surface area contributed by atoms with Gasteiger partial charge in [0.05, 0.1) is 6.17 Å². The molecule has 0 radical (unpaired) electrons. The molecule has 4 heteroatoms. The van der Waals surface area contributed by atoms with Crippen molar-refractivity contribution in [2.45, 2.75) is 63.5 Å². The van der Waals surface area contributed by atoms with E-state index in [1.54, 1.807) is 0 Å². The molecular formula is C21H30N2O2. The van der Waals surface area contributed by atoms with E-state index in [-0.39, 0.29) is 11.4 Å².